The zero-order chi connectivity index (χ0) is 18.0. The molecule has 0 aliphatic heterocycles. The highest BCUT2D eigenvalue weighted by Crippen LogP contribution is 2.25. The van der Waals surface area contributed by atoms with Crippen LogP contribution in [0.25, 0.3) is 10.9 Å². The van der Waals surface area contributed by atoms with E-state index in [-0.39, 0.29) is 17.3 Å². The Morgan fingerprint density at radius 2 is 1.92 bits per heavy atom. The number of aromatic nitrogens is 1. The molecule has 0 radical (unpaired) electrons. The number of hydrogen-bond donors (Lipinski definition) is 2. The fourth-order valence-electron chi connectivity index (χ4n) is 2.54. The molecule has 0 fully saturated rings. The molecule has 126 valence electrons. The van der Waals surface area contributed by atoms with Gasteiger partial charge in [-0.15, -0.1) is 0 Å². The maximum Gasteiger partial charge on any atom is 0.293 e. The lowest BCUT2D eigenvalue weighted by atomic mass is 10.1. The van der Waals surface area contributed by atoms with Crippen molar-refractivity contribution < 1.29 is 9.72 Å². The standard InChI is InChI=1S/C18H16N4O3/c1-11(19-2)12-6-8-14(9-7-12)20-18(23)15-10-13-4-3-5-16(22(24)25)17(13)21-15/h3-10,21H,1-2H3,(H,20,23). The Balaban J connectivity index is 1.85. The van der Waals surface area contributed by atoms with E-state index in [1.165, 1.54) is 6.07 Å². The van der Waals surface area contributed by atoms with E-state index in [9.17, 15) is 14.9 Å². The van der Waals surface area contributed by atoms with E-state index >= 15 is 0 Å². The minimum absolute atomic E-state index is 0.0600. The number of nitro benzene ring substituents is 1. The van der Waals surface area contributed by atoms with Crippen LogP contribution in [0.3, 0.4) is 0 Å². The SMILES string of the molecule is CN=C(C)c1ccc(NC(=O)c2cc3cccc([N+](=O)[O-])c3[nH]2)cc1. The average molecular weight is 336 g/mol. The molecule has 0 saturated carbocycles. The van der Waals surface area contributed by atoms with Crippen molar-refractivity contribution in [1.29, 1.82) is 0 Å². The van der Waals surface area contributed by atoms with Crippen LogP contribution < -0.4 is 5.32 Å². The summed E-state index contributed by atoms with van der Waals surface area (Å²) in [5.74, 6) is -0.362. The summed E-state index contributed by atoms with van der Waals surface area (Å²) in [4.78, 5) is 29.9. The highest BCUT2D eigenvalue weighted by molar-refractivity contribution is 6.07. The molecule has 2 N–H and O–H groups in total. The second-order valence-corrected chi connectivity index (χ2v) is 5.52. The Hall–Kier alpha value is -3.48. The molecular formula is C18H16N4O3. The number of nitro groups is 1. The number of benzene rings is 2. The molecule has 0 spiro atoms. The first-order chi connectivity index (χ1) is 12.0. The molecule has 2 aromatic carbocycles. The third kappa shape index (κ3) is 3.25. The third-order valence-electron chi connectivity index (χ3n) is 3.97. The third-order valence-corrected chi connectivity index (χ3v) is 3.97. The monoisotopic (exact) mass is 336 g/mol. The first kappa shape index (κ1) is 16.4. The van der Waals surface area contributed by atoms with Crippen LogP contribution in [0.1, 0.15) is 23.0 Å². The molecule has 25 heavy (non-hydrogen) atoms. The van der Waals surface area contributed by atoms with Gasteiger partial charge in [-0.05, 0) is 30.7 Å². The highest BCUT2D eigenvalue weighted by atomic mass is 16.6. The predicted molar refractivity (Wildman–Crippen MR) is 97.5 cm³/mol. The maximum absolute atomic E-state index is 12.4. The molecule has 7 heteroatoms. The number of carbonyl (C=O) groups is 1. The lowest BCUT2D eigenvalue weighted by Gasteiger charge is -2.05. The van der Waals surface area contributed by atoms with Crippen LogP contribution in [0.5, 0.6) is 0 Å². The van der Waals surface area contributed by atoms with Gasteiger partial charge in [0.25, 0.3) is 11.6 Å². The van der Waals surface area contributed by atoms with Crippen LogP contribution in [-0.4, -0.2) is 28.6 Å². The molecule has 0 saturated heterocycles. The van der Waals surface area contributed by atoms with Gasteiger partial charge in [0.2, 0.25) is 0 Å². The number of nitrogens with one attached hydrogen (secondary N) is 2. The summed E-state index contributed by atoms with van der Waals surface area (Å²) in [6.45, 7) is 1.91. The van der Waals surface area contributed by atoms with E-state index in [4.69, 9.17) is 0 Å². The summed E-state index contributed by atoms with van der Waals surface area (Å²) in [6.07, 6.45) is 0. The topological polar surface area (TPSA) is 100 Å². The number of anilines is 1. The fraction of sp³-hybridized carbons (Fsp3) is 0.111. The number of nitrogens with zero attached hydrogens (tertiary/aromatic N) is 2. The van der Waals surface area contributed by atoms with E-state index in [0.717, 1.165) is 11.3 Å². The van der Waals surface area contributed by atoms with E-state index in [0.29, 0.717) is 16.6 Å². The Kier molecular flexibility index (Phi) is 4.30. The van der Waals surface area contributed by atoms with Gasteiger partial charge in [-0.2, -0.15) is 0 Å². The summed E-state index contributed by atoms with van der Waals surface area (Å²) in [5, 5.41) is 14.5. The molecule has 0 aliphatic carbocycles. The number of aromatic amines is 1. The van der Waals surface area contributed by atoms with Gasteiger partial charge in [0.1, 0.15) is 11.2 Å². The predicted octanol–water partition coefficient (Wildman–Crippen LogP) is 3.77. The second kappa shape index (κ2) is 6.56. The Morgan fingerprint density at radius 1 is 1.20 bits per heavy atom. The first-order valence-corrected chi connectivity index (χ1v) is 7.61. The maximum atomic E-state index is 12.4. The van der Waals surface area contributed by atoms with Crippen LogP contribution in [0.15, 0.2) is 53.5 Å². The zero-order valence-corrected chi connectivity index (χ0v) is 13.7. The van der Waals surface area contributed by atoms with E-state index in [1.54, 1.807) is 37.4 Å². The normalized spacial score (nSPS) is 11.5. The molecule has 1 amide bonds. The smallest absolute Gasteiger partial charge is 0.293 e. The van der Waals surface area contributed by atoms with E-state index < -0.39 is 4.92 Å². The Morgan fingerprint density at radius 3 is 2.56 bits per heavy atom. The number of para-hydroxylation sites is 1. The van der Waals surface area contributed by atoms with Gasteiger partial charge in [-0.25, -0.2) is 0 Å². The number of rotatable bonds is 4. The van der Waals surface area contributed by atoms with Gasteiger partial charge in [0.05, 0.1) is 4.92 Å². The molecule has 3 aromatic rings. The van der Waals surface area contributed by atoms with Gasteiger partial charge in [-0.3, -0.25) is 19.9 Å². The molecule has 7 nitrogen and oxygen atoms in total. The molecule has 1 heterocycles. The first-order valence-electron chi connectivity index (χ1n) is 7.61. The van der Waals surface area contributed by atoms with Gasteiger partial charge >= 0.3 is 0 Å². The molecule has 0 aliphatic rings. The minimum Gasteiger partial charge on any atom is -0.345 e. The summed E-state index contributed by atoms with van der Waals surface area (Å²) in [5.41, 5.74) is 3.05. The van der Waals surface area contributed by atoms with Crippen molar-refractivity contribution in [2.45, 2.75) is 6.92 Å². The van der Waals surface area contributed by atoms with Crippen molar-refractivity contribution in [3.63, 3.8) is 0 Å². The molecular weight excluding hydrogens is 320 g/mol. The quantitative estimate of drug-likeness (QED) is 0.431. The van der Waals surface area contributed by atoms with Crippen molar-refractivity contribution in [3.8, 4) is 0 Å². The van der Waals surface area contributed by atoms with E-state index in [1.807, 2.05) is 19.1 Å². The highest BCUT2D eigenvalue weighted by Gasteiger charge is 2.17. The summed E-state index contributed by atoms with van der Waals surface area (Å²) >= 11 is 0. The number of aliphatic imine (C=N–C) groups is 1. The number of fused-ring (bicyclic) bond motifs is 1. The van der Waals surface area contributed by atoms with Crippen molar-refractivity contribution in [1.82, 2.24) is 4.98 Å². The van der Waals surface area contributed by atoms with Gasteiger partial charge in [0, 0.05) is 29.9 Å². The number of H-pyrrole nitrogens is 1. The molecule has 0 unspecified atom stereocenters. The Bertz CT molecular complexity index is 987. The van der Waals surface area contributed by atoms with Crippen molar-refractivity contribution >= 4 is 33.9 Å². The summed E-state index contributed by atoms with van der Waals surface area (Å²) in [6, 6.07) is 13.6. The van der Waals surface area contributed by atoms with Crippen LogP contribution >= 0.6 is 0 Å². The molecule has 3 rings (SSSR count). The minimum atomic E-state index is -0.475. The van der Waals surface area contributed by atoms with E-state index in [2.05, 4.69) is 15.3 Å². The van der Waals surface area contributed by atoms with Gasteiger partial charge in [-0.1, -0.05) is 24.3 Å². The molecule has 0 bridgehead atoms. The van der Waals surface area contributed by atoms with Crippen molar-refractivity contribution in [2.75, 3.05) is 12.4 Å². The summed E-state index contributed by atoms with van der Waals surface area (Å²) in [7, 11) is 1.72. The summed E-state index contributed by atoms with van der Waals surface area (Å²) < 4.78 is 0. The van der Waals surface area contributed by atoms with Crippen LogP contribution in [-0.2, 0) is 0 Å². The molecule has 0 atom stereocenters. The Labute approximate surface area is 143 Å². The molecule has 1 aromatic heterocycles. The van der Waals surface area contributed by atoms with Crippen molar-refractivity contribution in [2.24, 2.45) is 4.99 Å². The second-order valence-electron chi connectivity index (χ2n) is 5.52. The van der Waals surface area contributed by atoms with Crippen molar-refractivity contribution in [3.05, 3.63) is 69.9 Å². The largest absolute Gasteiger partial charge is 0.345 e. The fourth-order valence-corrected chi connectivity index (χ4v) is 2.54. The lowest BCUT2D eigenvalue weighted by Crippen LogP contribution is -2.12. The van der Waals surface area contributed by atoms with Crippen LogP contribution in [0, 0.1) is 10.1 Å². The van der Waals surface area contributed by atoms with Gasteiger partial charge < -0.3 is 10.3 Å². The number of non-ortho nitro benzene ring substituents is 1. The van der Waals surface area contributed by atoms with Crippen LogP contribution in [0.2, 0.25) is 0 Å². The number of hydrogen-bond acceptors (Lipinski definition) is 4. The zero-order valence-electron chi connectivity index (χ0n) is 13.7. The number of amides is 1. The lowest BCUT2D eigenvalue weighted by molar-refractivity contribution is -0.383. The number of carbonyl (C=O) groups excluding carboxylic acids is 1. The average Bonchev–Trinajstić information content (AvgIpc) is 3.05. The van der Waals surface area contributed by atoms with Crippen LogP contribution in [0.4, 0.5) is 11.4 Å². The van der Waals surface area contributed by atoms with Gasteiger partial charge in [0.15, 0.2) is 0 Å².